The lowest BCUT2D eigenvalue weighted by Gasteiger charge is -2.15. The molecule has 0 unspecified atom stereocenters. The Morgan fingerprint density at radius 3 is 2.58 bits per heavy atom. The maximum atomic E-state index is 12.2. The van der Waals surface area contributed by atoms with E-state index in [1.165, 1.54) is 0 Å². The molecule has 2 aromatic heterocycles. The van der Waals surface area contributed by atoms with Gasteiger partial charge in [0.1, 0.15) is 5.76 Å². The van der Waals surface area contributed by atoms with Crippen LogP contribution in [0.3, 0.4) is 0 Å². The average Bonchev–Trinajstić information content (AvgIpc) is 2.77. The summed E-state index contributed by atoms with van der Waals surface area (Å²) in [4.78, 5) is 17.8. The SMILES string of the molecule is Cc1onc(C(=O)N(C)CCc2ccncc2)c1C. The number of amides is 1. The molecule has 0 aromatic carbocycles. The van der Waals surface area contributed by atoms with Crippen molar-refractivity contribution >= 4 is 5.91 Å². The van der Waals surface area contributed by atoms with Crippen molar-refractivity contribution in [3.8, 4) is 0 Å². The van der Waals surface area contributed by atoms with E-state index in [2.05, 4.69) is 10.1 Å². The molecule has 19 heavy (non-hydrogen) atoms. The molecule has 0 saturated carbocycles. The maximum Gasteiger partial charge on any atom is 0.276 e. The molecule has 0 saturated heterocycles. The summed E-state index contributed by atoms with van der Waals surface area (Å²) in [6.45, 7) is 4.28. The molecule has 0 radical (unpaired) electrons. The molecule has 0 fully saturated rings. The Bertz CT molecular complexity index is 563. The highest BCUT2D eigenvalue weighted by molar-refractivity contribution is 5.93. The first-order chi connectivity index (χ1) is 9.09. The number of carbonyl (C=O) groups is 1. The first-order valence-electron chi connectivity index (χ1n) is 6.17. The van der Waals surface area contributed by atoms with Crippen molar-refractivity contribution < 1.29 is 9.32 Å². The van der Waals surface area contributed by atoms with E-state index in [9.17, 15) is 4.79 Å². The summed E-state index contributed by atoms with van der Waals surface area (Å²) in [7, 11) is 1.77. The van der Waals surface area contributed by atoms with Gasteiger partial charge in [-0.1, -0.05) is 5.16 Å². The molecule has 0 aliphatic carbocycles. The number of carbonyl (C=O) groups excluding carboxylic acids is 1. The van der Waals surface area contributed by atoms with Gasteiger partial charge in [-0.05, 0) is 38.0 Å². The predicted molar refractivity (Wildman–Crippen MR) is 70.9 cm³/mol. The highest BCUT2D eigenvalue weighted by atomic mass is 16.5. The van der Waals surface area contributed by atoms with Crippen LogP contribution in [0.2, 0.25) is 0 Å². The number of pyridine rings is 1. The van der Waals surface area contributed by atoms with E-state index in [1.807, 2.05) is 19.1 Å². The molecule has 2 rings (SSSR count). The smallest absolute Gasteiger partial charge is 0.276 e. The summed E-state index contributed by atoms with van der Waals surface area (Å²) in [5.41, 5.74) is 2.36. The van der Waals surface area contributed by atoms with Crippen molar-refractivity contribution in [3.63, 3.8) is 0 Å². The number of hydrogen-bond acceptors (Lipinski definition) is 4. The van der Waals surface area contributed by atoms with Crippen LogP contribution in [0.5, 0.6) is 0 Å². The van der Waals surface area contributed by atoms with Crippen molar-refractivity contribution in [1.82, 2.24) is 15.0 Å². The molecule has 2 heterocycles. The molecule has 0 bridgehead atoms. The number of likely N-dealkylation sites (N-methyl/N-ethyl adjacent to an activating group) is 1. The monoisotopic (exact) mass is 259 g/mol. The van der Waals surface area contributed by atoms with Gasteiger partial charge in [-0.2, -0.15) is 0 Å². The number of nitrogens with zero attached hydrogens (tertiary/aromatic N) is 3. The average molecular weight is 259 g/mol. The van der Waals surface area contributed by atoms with Gasteiger partial charge in [0, 0.05) is 31.5 Å². The van der Waals surface area contributed by atoms with Crippen LogP contribution in [0.4, 0.5) is 0 Å². The summed E-state index contributed by atoms with van der Waals surface area (Å²) < 4.78 is 5.02. The molecule has 5 nitrogen and oxygen atoms in total. The van der Waals surface area contributed by atoms with Gasteiger partial charge in [0.05, 0.1) is 0 Å². The maximum absolute atomic E-state index is 12.2. The minimum Gasteiger partial charge on any atom is -0.361 e. The fourth-order valence-corrected chi connectivity index (χ4v) is 1.75. The second-order valence-electron chi connectivity index (χ2n) is 4.54. The molecule has 5 heteroatoms. The Morgan fingerprint density at radius 1 is 1.32 bits per heavy atom. The Labute approximate surface area is 112 Å². The van der Waals surface area contributed by atoms with E-state index in [4.69, 9.17) is 4.52 Å². The third-order valence-corrected chi connectivity index (χ3v) is 3.19. The quantitative estimate of drug-likeness (QED) is 0.842. The van der Waals surface area contributed by atoms with E-state index < -0.39 is 0 Å². The summed E-state index contributed by atoms with van der Waals surface area (Å²) in [6.07, 6.45) is 4.30. The summed E-state index contributed by atoms with van der Waals surface area (Å²) in [6, 6.07) is 3.90. The number of rotatable bonds is 4. The first kappa shape index (κ1) is 13.3. The minimum absolute atomic E-state index is 0.108. The van der Waals surface area contributed by atoms with Crippen LogP contribution in [0.25, 0.3) is 0 Å². The van der Waals surface area contributed by atoms with Crippen LogP contribution in [0.1, 0.15) is 27.4 Å². The standard InChI is InChI=1S/C14H17N3O2/c1-10-11(2)19-16-13(10)14(18)17(3)9-6-12-4-7-15-8-5-12/h4-5,7-8H,6,9H2,1-3H3. The van der Waals surface area contributed by atoms with Crippen LogP contribution in [-0.4, -0.2) is 34.5 Å². The molecule has 0 aliphatic heterocycles. The van der Waals surface area contributed by atoms with Gasteiger partial charge in [0.15, 0.2) is 5.69 Å². The number of aryl methyl sites for hydroxylation is 1. The largest absolute Gasteiger partial charge is 0.361 e. The van der Waals surface area contributed by atoms with Gasteiger partial charge < -0.3 is 9.42 Å². The minimum atomic E-state index is -0.108. The van der Waals surface area contributed by atoms with Gasteiger partial charge in [-0.3, -0.25) is 9.78 Å². The third-order valence-electron chi connectivity index (χ3n) is 3.19. The fraction of sp³-hybridized carbons (Fsp3) is 0.357. The summed E-state index contributed by atoms with van der Waals surface area (Å²) in [5, 5.41) is 3.82. The summed E-state index contributed by atoms with van der Waals surface area (Å²) >= 11 is 0. The molecule has 2 aromatic rings. The zero-order chi connectivity index (χ0) is 13.8. The molecular formula is C14H17N3O2. The van der Waals surface area contributed by atoms with Crippen molar-refractivity contribution in [1.29, 1.82) is 0 Å². The van der Waals surface area contributed by atoms with Crippen molar-refractivity contribution in [2.45, 2.75) is 20.3 Å². The zero-order valence-electron chi connectivity index (χ0n) is 11.4. The lowest BCUT2D eigenvalue weighted by Crippen LogP contribution is -2.29. The molecule has 0 aliphatic rings. The number of aromatic nitrogens is 2. The second kappa shape index (κ2) is 5.65. The molecule has 0 N–H and O–H groups in total. The van der Waals surface area contributed by atoms with E-state index in [0.29, 0.717) is 18.0 Å². The topological polar surface area (TPSA) is 59.2 Å². The van der Waals surface area contributed by atoms with E-state index >= 15 is 0 Å². The highest BCUT2D eigenvalue weighted by Crippen LogP contribution is 2.13. The van der Waals surface area contributed by atoms with Crippen molar-refractivity contribution in [2.75, 3.05) is 13.6 Å². The van der Waals surface area contributed by atoms with E-state index in [0.717, 1.165) is 17.5 Å². The van der Waals surface area contributed by atoms with Crippen LogP contribution < -0.4 is 0 Å². The zero-order valence-corrected chi connectivity index (χ0v) is 11.4. The van der Waals surface area contributed by atoms with Gasteiger partial charge in [-0.15, -0.1) is 0 Å². The molecule has 100 valence electrons. The van der Waals surface area contributed by atoms with Crippen molar-refractivity contribution in [3.05, 3.63) is 47.1 Å². The normalized spacial score (nSPS) is 10.5. The fourth-order valence-electron chi connectivity index (χ4n) is 1.75. The molecule has 0 atom stereocenters. The van der Waals surface area contributed by atoms with Crippen molar-refractivity contribution in [2.24, 2.45) is 0 Å². The second-order valence-corrected chi connectivity index (χ2v) is 4.54. The van der Waals surface area contributed by atoms with Crippen LogP contribution in [-0.2, 0) is 6.42 Å². The highest BCUT2D eigenvalue weighted by Gasteiger charge is 2.19. The van der Waals surface area contributed by atoms with Crippen LogP contribution >= 0.6 is 0 Å². The van der Waals surface area contributed by atoms with Crippen LogP contribution in [0, 0.1) is 13.8 Å². The predicted octanol–water partition coefficient (Wildman–Crippen LogP) is 2.00. The Kier molecular flexibility index (Phi) is 3.94. The molecular weight excluding hydrogens is 242 g/mol. The summed E-state index contributed by atoms with van der Waals surface area (Å²) in [5.74, 6) is 0.578. The third kappa shape index (κ3) is 2.99. The van der Waals surface area contributed by atoms with Gasteiger partial charge >= 0.3 is 0 Å². The van der Waals surface area contributed by atoms with Gasteiger partial charge in [0.2, 0.25) is 0 Å². The van der Waals surface area contributed by atoms with E-state index in [1.54, 1.807) is 31.3 Å². The lowest BCUT2D eigenvalue weighted by atomic mass is 10.1. The van der Waals surface area contributed by atoms with Gasteiger partial charge in [0.25, 0.3) is 5.91 Å². The molecule has 0 spiro atoms. The van der Waals surface area contributed by atoms with E-state index in [-0.39, 0.29) is 5.91 Å². The number of hydrogen-bond donors (Lipinski definition) is 0. The first-order valence-corrected chi connectivity index (χ1v) is 6.17. The lowest BCUT2D eigenvalue weighted by molar-refractivity contribution is 0.0785. The Hall–Kier alpha value is -2.17. The molecule has 1 amide bonds. The van der Waals surface area contributed by atoms with Crippen LogP contribution in [0.15, 0.2) is 29.0 Å². The Morgan fingerprint density at radius 2 is 2.00 bits per heavy atom. The van der Waals surface area contributed by atoms with Gasteiger partial charge in [-0.25, -0.2) is 0 Å². The Balaban J connectivity index is 1.98.